The van der Waals surface area contributed by atoms with Crippen LogP contribution < -0.4 is 10.9 Å². The largest absolute Gasteiger partial charge is 0.334 e. The minimum atomic E-state index is -0.709. The van der Waals surface area contributed by atoms with Gasteiger partial charge in [-0.25, -0.2) is 4.98 Å². The third-order valence-electron chi connectivity index (χ3n) is 5.34. The van der Waals surface area contributed by atoms with Gasteiger partial charge in [0, 0.05) is 24.7 Å². The molecule has 1 fully saturated rings. The molecule has 1 atom stereocenters. The predicted octanol–water partition coefficient (Wildman–Crippen LogP) is 0.950. The van der Waals surface area contributed by atoms with Gasteiger partial charge < -0.3 is 10.2 Å². The van der Waals surface area contributed by atoms with Gasteiger partial charge in [-0.15, -0.1) is 0 Å². The second-order valence-corrected chi connectivity index (χ2v) is 7.70. The van der Waals surface area contributed by atoms with Crippen molar-refractivity contribution >= 4 is 17.6 Å². The zero-order valence-corrected chi connectivity index (χ0v) is 16.1. The number of aryl methyl sites for hydroxylation is 2. The molecule has 2 N–H and O–H groups in total. The molecule has 4 rings (SSSR count). The summed E-state index contributed by atoms with van der Waals surface area (Å²) in [6.07, 6.45) is 4.34. The van der Waals surface area contributed by atoms with Gasteiger partial charge in [-0.1, -0.05) is 6.92 Å². The Kier molecular flexibility index (Phi) is 4.74. The third-order valence-corrected chi connectivity index (χ3v) is 5.34. The summed E-state index contributed by atoms with van der Waals surface area (Å²) in [7, 11) is 0. The van der Waals surface area contributed by atoms with Gasteiger partial charge in [0.05, 0.1) is 11.4 Å². The Labute approximate surface area is 162 Å². The molecule has 2 aromatic heterocycles. The van der Waals surface area contributed by atoms with Crippen molar-refractivity contribution in [1.29, 1.82) is 0 Å². The molecule has 28 heavy (non-hydrogen) atoms. The number of carbonyl (C=O) groups is 2. The van der Waals surface area contributed by atoms with Gasteiger partial charge in [-0.2, -0.15) is 9.78 Å². The highest BCUT2D eigenvalue weighted by molar-refractivity contribution is 6.39. The van der Waals surface area contributed by atoms with Gasteiger partial charge in [0.25, 0.3) is 5.56 Å². The van der Waals surface area contributed by atoms with Crippen molar-refractivity contribution in [2.75, 3.05) is 18.4 Å². The second-order valence-electron chi connectivity index (χ2n) is 7.70. The lowest BCUT2D eigenvalue weighted by Crippen LogP contribution is -2.44. The molecule has 9 nitrogen and oxygen atoms in total. The van der Waals surface area contributed by atoms with E-state index in [-0.39, 0.29) is 11.5 Å². The topological polar surface area (TPSA) is 113 Å². The molecule has 0 unspecified atom stereocenters. The van der Waals surface area contributed by atoms with Crippen LogP contribution in [0.2, 0.25) is 0 Å². The third kappa shape index (κ3) is 3.44. The molecule has 0 aromatic carbocycles. The quantitative estimate of drug-likeness (QED) is 0.749. The minimum absolute atomic E-state index is 0.179. The molecule has 2 aliphatic rings. The van der Waals surface area contributed by atoms with Crippen LogP contribution >= 0.6 is 0 Å². The standard InChI is InChI=1S/C19H24N6O3/c1-11-5-4-8-24(10-11)18(28)17(27)21-15-9-12(2)23-25(15)19-20-14-7-3-6-13(14)16(26)22-19/h9,11H,3-8,10H2,1-2H3,(H,21,27)(H,20,22,26)/t11-/m1/s1. The van der Waals surface area contributed by atoms with Gasteiger partial charge in [-0.05, 0) is 44.9 Å². The summed E-state index contributed by atoms with van der Waals surface area (Å²) in [4.78, 5) is 46.2. The average Bonchev–Trinajstić information content (AvgIpc) is 3.27. The SMILES string of the molecule is Cc1cc(NC(=O)C(=O)N2CCC[C@@H](C)C2)n(-c2nc3c(c(=O)[nH]2)CCC3)n1. The highest BCUT2D eigenvalue weighted by Gasteiger charge is 2.27. The maximum atomic E-state index is 12.5. The number of carbonyl (C=O) groups excluding carboxylic acids is 2. The summed E-state index contributed by atoms with van der Waals surface area (Å²) < 4.78 is 1.37. The van der Waals surface area contributed by atoms with Crippen LogP contribution in [0.3, 0.4) is 0 Å². The summed E-state index contributed by atoms with van der Waals surface area (Å²) in [5, 5.41) is 6.97. The van der Waals surface area contributed by atoms with E-state index in [1.54, 1.807) is 17.9 Å². The number of hydrogen-bond donors (Lipinski definition) is 2. The Morgan fingerprint density at radius 3 is 2.89 bits per heavy atom. The van der Waals surface area contributed by atoms with E-state index in [0.29, 0.717) is 36.1 Å². The van der Waals surface area contributed by atoms with Crippen LogP contribution in [0, 0.1) is 12.8 Å². The Morgan fingerprint density at radius 1 is 1.29 bits per heavy atom. The highest BCUT2D eigenvalue weighted by Crippen LogP contribution is 2.20. The minimum Gasteiger partial charge on any atom is -0.334 e. The van der Waals surface area contributed by atoms with E-state index in [1.165, 1.54) is 4.68 Å². The van der Waals surface area contributed by atoms with E-state index < -0.39 is 11.8 Å². The van der Waals surface area contributed by atoms with Gasteiger partial charge in [-0.3, -0.25) is 19.4 Å². The van der Waals surface area contributed by atoms with Crippen LogP contribution in [-0.4, -0.2) is 49.6 Å². The Morgan fingerprint density at radius 2 is 2.11 bits per heavy atom. The van der Waals surface area contributed by atoms with Crippen molar-refractivity contribution in [3.8, 4) is 5.95 Å². The van der Waals surface area contributed by atoms with Crippen LogP contribution in [0.15, 0.2) is 10.9 Å². The summed E-state index contributed by atoms with van der Waals surface area (Å²) >= 11 is 0. The van der Waals surface area contributed by atoms with E-state index in [4.69, 9.17) is 0 Å². The van der Waals surface area contributed by atoms with Crippen molar-refractivity contribution in [1.82, 2.24) is 24.6 Å². The van der Waals surface area contributed by atoms with Crippen molar-refractivity contribution in [2.45, 2.75) is 46.0 Å². The summed E-state index contributed by atoms with van der Waals surface area (Å²) in [5.41, 5.74) is 1.94. The lowest BCUT2D eigenvalue weighted by molar-refractivity contribution is -0.144. The number of H-pyrrole nitrogens is 1. The summed E-state index contributed by atoms with van der Waals surface area (Å²) in [6.45, 7) is 5.02. The predicted molar refractivity (Wildman–Crippen MR) is 102 cm³/mol. The van der Waals surface area contributed by atoms with E-state index in [9.17, 15) is 14.4 Å². The summed E-state index contributed by atoms with van der Waals surface area (Å²) in [5.74, 6) is -0.319. The van der Waals surface area contributed by atoms with Gasteiger partial charge >= 0.3 is 11.8 Å². The lowest BCUT2D eigenvalue weighted by atomic mass is 10.0. The number of anilines is 1. The smallest absolute Gasteiger partial charge is 0.315 e. The fourth-order valence-corrected chi connectivity index (χ4v) is 3.97. The zero-order valence-electron chi connectivity index (χ0n) is 16.1. The maximum absolute atomic E-state index is 12.5. The number of fused-ring (bicyclic) bond motifs is 1. The number of nitrogens with one attached hydrogen (secondary N) is 2. The highest BCUT2D eigenvalue weighted by atomic mass is 16.2. The number of likely N-dealkylation sites (tertiary alicyclic amines) is 1. The van der Waals surface area contributed by atoms with Gasteiger partial charge in [0.2, 0.25) is 5.95 Å². The Hall–Kier alpha value is -2.97. The monoisotopic (exact) mass is 384 g/mol. The summed E-state index contributed by atoms with van der Waals surface area (Å²) in [6, 6.07) is 1.65. The van der Waals surface area contributed by atoms with Crippen LogP contribution in [-0.2, 0) is 22.4 Å². The molecule has 0 saturated carbocycles. The van der Waals surface area contributed by atoms with Crippen molar-refractivity contribution in [3.63, 3.8) is 0 Å². The number of hydrogen-bond acceptors (Lipinski definition) is 5. The number of nitrogens with zero attached hydrogens (tertiary/aromatic N) is 4. The van der Waals surface area contributed by atoms with Gasteiger partial charge in [0.1, 0.15) is 5.82 Å². The average molecular weight is 384 g/mol. The number of aromatic amines is 1. The number of piperidine rings is 1. The van der Waals surface area contributed by atoms with E-state index in [0.717, 1.165) is 37.8 Å². The molecule has 0 bridgehead atoms. The van der Waals surface area contributed by atoms with Crippen LogP contribution in [0.5, 0.6) is 0 Å². The number of rotatable bonds is 2. The first-order valence-electron chi connectivity index (χ1n) is 9.71. The molecule has 0 radical (unpaired) electrons. The zero-order chi connectivity index (χ0) is 19.8. The second kappa shape index (κ2) is 7.21. The molecule has 2 aromatic rings. The molecule has 1 saturated heterocycles. The first-order valence-corrected chi connectivity index (χ1v) is 9.71. The molecule has 1 aliphatic carbocycles. The van der Waals surface area contributed by atoms with Crippen molar-refractivity contribution in [2.24, 2.45) is 5.92 Å². The van der Waals surface area contributed by atoms with Crippen molar-refractivity contribution in [3.05, 3.63) is 33.4 Å². The van der Waals surface area contributed by atoms with Crippen molar-refractivity contribution < 1.29 is 9.59 Å². The molecular weight excluding hydrogens is 360 g/mol. The molecule has 148 valence electrons. The molecular formula is C19H24N6O3. The Bertz CT molecular complexity index is 992. The van der Waals surface area contributed by atoms with Crippen LogP contribution in [0.25, 0.3) is 5.95 Å². The first-order chi connectivity index (χ1) is 13.4. The fraction of sp³-hybridized carbons (Fsp3) is 0.526. The first kappa shape index (κ1) is 18.4. The fourth-order valence-electron chi connectivity index (χ4n) is 3.97. The molecule has 3 heterocycles. The lowest BCUT2D eigenvalue weighted by Gasteiger charge is -2.30. The normalized spacial score (nSPS) is 18.8. The van der Waals surface area contributed by atoms with E-state index in [1.807, 2.05) is 0 Å². The maximum Gasteiger partial charge on any atom is 0.315 e. The molecule has 0 spiro atoms. The van der Waals surface area contributed by atoms with Crippen LogP contribution in [0.1, 0.15) is 43.1 Å². The number of aromatic nitrogens is 4. The van der Waals surface area contributed by atoms with Gasteiger partial charge in [0.15, 0.2) is 0 Å². The van der Waals surface area contributed by atoms with E-state index >= 15 is 0 Å². The number of amides is 2. The van der Waals surface area contributed by atoms with E-state index in [2.05, 4.69) is 27.3 Å². The van der Waals surface area contributed by atoms with Crippen LogP contribution in [0.4, 0.5) is 5.82 Å². The molecule has 9 heteroatoms. The molecule has 1 aliphatic heterocycles. The molecule has 2 amide bonds. The Balaban J connectivity index is 1.58.